The number of hydrogen-bond donors (Lipinski definition) is 1. The molecule has 1 fully saturated rings. The molecule has 20 heavy (non-hydrogen) atoms. The van der Waals surface area contributed by atoms with E-state index in [2.05, 4.69) is 32.1 Å². The van der Waals surface area contributed by atoms with Crippen molar-refractivity contribution in [3.63, 3.8) is 0 Å². The zero-order valence-electron chi connectivity index (χ0n) is 12.7. The number of rotatable bonds is 6. The molecule has 0 unspecified atom stereocenters. The van der Waals surface area contributed by atoms with Gasteiger partial charge in [0.15, 0.2) is 0 Å². The highest BCUT2D eigenvalue weighted by molar-refractivity contribution is 5.49. The van der Waals surface area contributed by atoms with Gasteiger partial charge in [0, 0.05) is 46.3 Å². The third-order valence-electron chi connectivity index (χ3n) is 3.62. The number of likely N-dealkylation sites (N-methyl/N-ethyl adjacent to an activating group) is 1. The van der Waals surface area contributed by atoms with Crippen LogP contribution in [-0.4, -0.2) is 67.8 Å². The second kappa shape index (κ2) is 7.40. The first-order valence-electron chi connectivity index (χ1n) is 7.31. The van der Waals surface area contributed by atoms with E-state index in [9.17, 15) is 0 Å². The van der Waals surface area contributed by atoms with Gasteiger partial charge in [-0.2, -0.15) is 0 Å². The summed E-state index contributed by atoms with van der Waals surface area (Å²) in [6, 6.07) is 0. The van der Waals surface area contributed by atoms with Crippen LogP contribution in [0.15, 0.2) is 6.33 Å². The van der Waals surface area contributed by atoms with E-state index < -0.39 is 0 Å². The third-order valence-corrected chi connectivity index (χ3v) is 3.62. The molecular formula is C14H25N5O. The molecule has 0 amide bonds. The second-order valence-corrected chi connectivity index (χ2v) is 5.07. The van der Waals surface area contributed by atoms with Crippen LogP contribution in [0.1, 0.15) is 12.5 Å². The summed E-state index contributed by atoms with van der Waals surface area (Å²) < 4.78 is 5.53. The Hall–Kier alpha value is -1.40. The molecule has 1 aliphatic heterocycles. The fraction of sp³-hybridized carbons (Fsp3) is 0.714. The Labute approximate surface area is 121 Å². The molecule has 112 valence electrons. The molecule has 0 atom stereocenters. The summed E-state index contributed by atoms with van der Waals surface area (Å²) in [6.07, 6.45) is 1.58. The van der Waals surface area contributed by atoms with Crippen molar-refractivity contribution in [1.29, 1.82) is 0 Å². The molecular weight excluding hydrogens is 254 g/mol. The van der Waals surface area contributed by atoms with Crippen molar-refractivity contribution >= 4 is 5.82 Å². The van der Waals surface area contributed by atoms with Gasteiger partial charge in [-0.15, -0.1) is 0 Å². The van der Waals surface area contributed by atoms with Gasteiger partial charge in [0.05, 0.1) is 12.2 Å². The lowest BCUT2D eigenvalue weighted by Crippen LogP contribution is -2.46. The maximum absolute atomic E-state index is 5.53. The van der Waals surface area contributed by atoms with E-state index in [0.717, 1.165) is 50.6 Å². The summed E-state index contributed by atoms with van der Waals surface area (Å²) in [5, 5.41) is 3.37. The molecule has 0 radical (unpaired) electrons. The van der Waals surface area contributed by atoms with Crippen molar-refractivity contribution < 1.29 is 4.74 Å². The molecule has 1 aromatic heterocycles. The zero-order chi connectivity index (χ0) is 14.4. The number of nitrogens with zero attached hydrogens (tertiary/aromatic N) is 4. The van der Waals surface area contributed by atoms with Crippen LogP contribution >= 0.6 is 0 Å². The molecule has 0 bridgehead atoms. The van der Waals surface area contributed by atoms with Gasteiger partial charge in [0.25, 0.3) is 0 Å². The van der Waals surface area contributed by atoms with Crippen LogP contribution < -0.4 is 15.0 Å². The number of aromatic nitrogens is 2. The molecule has 0 saturated carbocycles. The summed E-state index contributed by atoms with van der Waals surface area (Å²) in [4.78, 5) is 13.2. The Morgan fingerprint density at radius 1 is 1.35 bits per heavy atom. The summed E-state index contributed by atoms with van der Waals surface area (Å²) in [5.74, 6) is 1.64. The average molecular weight is 279 g/mol. The maximum Gasteiger partial charge on any atom is 0.221 e. The fourth-order valence-electron chi connectivity index (χ4n) is 2.42. The smallest absolute Gasteiger partial charge is 0.221 e. The average Bonchev–Trinajstić information content (AvgIpc) is 2.48. The molecule has 2 rings (SSSR count). The second-order valence-electron chi connectivity index (χ2n) is 5.07. The molecule has 1 saturated heterocycles. The normalized spacial score (nSPS) is 16.1. The highest BCUT2D eigenvalue weighted by atomic mass is 16.5. The van der Waals surface area contributed by atoms with Crippen LogP contribution in [0, 0.1) is 6.92 Å². The lowest BCUT2D eigenvalue weighted by Gasteiger charge is -2.29. The standard InChI is InChI=1S/C14H25N5O/c1-4-20-14-12(2)13(16-11-17-14)18(3)9-10-19-7-5-15-6-8-19/h11,15H,4-10H2,1-3H3. The number of piperazine rings is 1. The van der Waals surface area contributed by atoms with E-state index in [0.29, 0.717) is 12.5 Å². The Bertz CT molecular complexity index is 420. The molecule has 6 nitrogen and oxygen atoms in total. The zero-order valence-corrected chi connectivity index (χ0v) is 12.7. The van der Waals surface area contributed by atoms with E-state index in [-0.39, 0.29) is 0 Å². The lowest BCUT2D eigenvalue weighted by molar-refractivity contribution is 0.246. The van der Waals surface area contributed by atoms with Gasteiger partial charge in [0.1, 0.15) is 12.1 Å². The van der Waals surface area contributed by atoms with Gasteiger partial charge in [-0.3, -0.25) is 4.90 Å². The van der Waals surface area contributed by atoms with Crippen LogP contribution in [0.4, 0.5) is 5.82 Å². The van der Waals surface area contributed by atoms with Crippen molar-refractivity contribution in [1.82, 2.24) is 20.2 Å². The Kier molecular flexibility index (Phi) is 5.55. The first-order valence-corrected chi connectivity index (χ1v) is 7.31. The van der Waals surface area contributed by atoms with Gasteiger partial charge in [-0.05, 0) is 13.8 Å². The van der Waals surface area contributed by atoms with Crippen LogP contribution in [0.2, 0.25) is 0 Å². The number of ether oxygens (including phenoxy) is 1. The third kappa shape index (κ3) is 3.80. The van der Waals surface area contributed by atoms with Crippen molar-refractivity contribution in [3.8, 4) is 5.88 Å². The minimum Gasteiger partial charge on any atom is -0.478 e. The quantitative estimate of drug-likeness (QED) is 0.819. The maximum atomic E-state index is 5.53. The molecule has 1 N–H and O–H groups in total. The van der Waals surface area contributed by atoms with Crippen LogP contribution in [0.5, 0.6) is 5.88 Å². The number of anilines is 1. The van der Waals surface area contributed by atoms with Crippen molar-refractivity contribution in [2.24, 2.45) is 0 Å². The summed E-state index contributed by atoms with van der Waals surface area (Å²) in [7, 11) is 2.08. The molecule has 0 spiro atoms. The highest BCUT2D eigenvalue weighted by Crippen LogP contribution is 2.22. The van der Waals surface area contributed by atoms with Crippen molar-refractivity contribution in [2.75, 3.05) is 57.8 Å². The van der Waals surface area contributed by atoms with Crippen LogP contribution in [0.3, 0.4) is 0 Å². The summed E-state index contributed by atoms with van der Waals surface area (Å²) >= 11 is 0. The fourth-order valence-corrected chi connectivity index (χ4v) is 2.42. The minimum absolute atomic E-state index is 0.627. The monoisotopic (exact) mass is 279 g/mol. The van der Waals surface area contributed by atoms with Crippen LogP contribution in [0.25, 0.3) is 0 Å². The van der Waals surface area contributed by atoms with Gasteiger partial charge in [-0.25, -0.2) is 9.97 Å². The number of nitrogens with one attached hydrogen (secondary N) is 1. The van der Waals surface area contributed by atoms with Gasteiger partial charge in [-0.1, -0.05) is 0 Å². The van der Waals surface area contributed by atoms with Crippen molar-refractivity contribution in [3.05, 3.63) is 11.9 Å². The lowest BCUT2D eigenvalue weighted by atomic mass is 10.3. The van der Waals surface area contributed by atoms with E-state index in [4.69, 9.17) is 4.74 Å². The summed E-state index contributed by atoms with van der Waals surface area (Å²) in [6.45, 7) is 11.1. The predicted octanol–water partition coefficient (Wildman–Crippen LogP) is 0.525. The predicted molar refractivity (Wildman–Crippen MR) is 80.5 cm³/mol. The Morgan fingerprint density at radius 3 is 2.80 bits per heavy atom. The molecule has 1 aromatic rings. The van der Waals surface area contributed by atoms with Gasteiger partial charge >= 0.3 is 0 Å². The molecule has 2 heterocycles. The van der Waals surface area contributed by atoms with E-state index in [1.54, 1.807) is 6.33 Å². The Morgan fingerprint density at radius 2 is 2.10 bits per heavy atom. The largest absolute Gasteiger partial charge is 0.478 e. The van der Waals surface area contributed by atoms with E-state index >= 15 is 0 Å². The Balaban J connectivity index is 1.94. The van der Waals surface area contributed by atoms with E-state index in [1.807, 2.05) is 13.8 Å². The highest BCUT2D eigenvalue weighted by Gasteiger charge is 2.14. The van der Waals surface area contributed by atoms with E-state index in [1.165, 1.54) is 0 Å². The molecule has 0 aromatic carbocycles. The first kappa shape index (κ1) is 15.0. The SMILES string of the molecule is CCOc1ncnc(N(C)CCN2CCNCC2)c1C. The van der Waals surface area contributed by atoms with Gasteiger partial charge in [0.2, 0.25) is 5.88 Å². The first-order chi connectivity index (χ1) is 9.72. The summed E-state index contributed by atoms with van der Waals surface area (Å²) in [5.41, 5.74) is 1.01. The molecule has 6 heteroatoms. The topological polar surface area (TPSA) is 53.5 Å². The van der Waals surface area contributed by atoms with Crippen molar-refractivity contribution in [2.45, 2.75) is 13.8 Å². The number of hydrogen-bond acceptors (Lipinski definition) is 6. The van der Waals surface area contributed by atoms with Gasteiger partial charge < -0.3 is 15.0 Å². The molecule has 1 aliphatic rings. The minimum atomic E-state index is 0.627. The molecule has 0 aliphatic carbocycles. The van der Waals surface area contributed by atoms with Crippen LogP contribution in [-0.2, 0) is 0 Å².